The first kappa shape index (κ1) is 24.0. The molecule has 186 valence electrons. The Morgan fingerprint density at radius 1 is 1.14 bits per heavy atom. The fourth-order valence-corrected chi connectivity index (χ4v) is 4.65. The van der Waals surface area contributed by atoms with Crippen LogP contribution in [-0.4, -0.2) is 42.7 Å². The Hall–Kier alpha value is -4.72. The first-order valence-electron chi connectivity index (χ1n) is 11.9. The third kappa shape index (κ3) is 4.27. The maximum Gasteiger partial charge on any atom is 0.295 e. The van der Waals surface area contributed by atoms with Gasteiger partial charge in [-0.05, 0) is 54.8 Å². The monoisotopic (exact) mass is 494 g/mol. The van der Waals surface area contributed by atoms with Gasteiger partial charge in [-0.3, -0.25) is 14.6 Å². The lowest BCUT2D eigenvalue weighted by Gasteiger charge is -2.25. The Bertz CT molecular complexity index is 1540. The largest absolute Gasteiger partial charge is 0.505 e. The Labute approximate surface area is 214 Å². The SMILES string of the molecule is C=CCOc1ccc(C2C(=C(O)c3nc4c(C)cccn4c3C)C(=O)C(=O)N2Cc2cccnc2)cc1. The molecule has 1 saturated heterocycles. The summed E-state index contributed by atoms with van der Waals surface area (Å²) in [5.41, 5.74) is 3.96. The summed E-state index contributed by atoms with van der Waals surface area (Å²) >= 11 is 0. The lowest BCUT2D eigenvalue weighted by molar-refractivity contribution is -0.140. The van der Waals surface area contributed by atoms with Crippen molar-refractivity contribution in [3.05, 3.63) is 113 Å². The minimum Gasteiger partial charge on any atom is -0.505 e. The molecule has 1 fully saturated rings. The summed E-state index contributed by atoms with van der Waals surface area (Å²) in [5, 5.41) is 11.5. The number of fused-ring (bicyclic) bond motifs is 1. The van der Waals surface area contributed by atoms with Crippen molar-refractivity contribution in [3.63, 3.8) is 0 Å². The molecule has 0 bridgehead atoms. The van der Waals surface area contributed by atoms with Crippen molar-refractivity contribution in [2.24, 2.45) is 0 Å². The summed E-state index contributed by atoms with van der Waals surface area (Å²) in [7, 11) is 0. The highest BCUT2D eigenvalue weighted by Gasteiger charge is 2.46. The number of benzene rings is 1. The number of aliphatic hydroxyl groups excluding tert-OH is 1. The van der Waals surface area contributed by atoms with Gasteiger partial charge in [0.1, 0.15) is 23.7 Å². The van der Waals surface area contributed by atoms with Crippen LogP contribution in [0.15, 0.2) is 85.3 Å². The Kier molecular flexibility index (Phi) is 6.31. The lowest BCUT2D eigenvalue weighted by Crippen LogP contribution is -2.29. The molecule has 1 aliphatic rings. The molecule has 0 saturated carbocycles. The van der Waals surface area contributed by atoms with Gasteiger partial charge >= 0.3 is 0 Å². The van der Waals surface area contributed by atoms with Crippen LogP contribution < -0.4 is 4.74 Å². The van der Waals surface area contributed by atoms with E-state index < -0.39 is 17.7 Å². The summed E-state index contributed by atoms with van der Waals surface area (Å²) in [4.78, 5) is 36.9. The molecular weight excluding hydrogens is 468 g/mol. The zero-order valence-corrected chi connectivity index (χ0v) is 20.6. The van der Waals surface area contributed by atoms with Crippen molar-refractivity contribution in [1.82, 2.24) is 19.3 Å². The first-order valence-corrected chi connectivity index (χ1v) is 11.9. The van der Waals surface area contributed by atoms with E-state index in [0.717, 1.165) is 11.1 Å². The number of amides is 1. The molecule has 5 rings (SSSR count). The van der Waals surface area contributed by atoms with Gasteiger partial charge in [-0.1, -0.05) is 36.9 Å². The molecule has 4 aromatic rings. The van der Waals surface area contributed by atoms with E-state index >= 15 is 0 Å². The van der Waals surface area contributed by atoms with Gasteiger partial charge in [-0.2, -0.15) is 0 Å². The summed E-state index contributed by atoms with van der Waals surface area (Å²) in [6, 6.07) is 13.7. The highest BCUT2D eigenvalue weighted by Crippen LogP contribution is 2.41. The van der Waals surface area contributed by atoms with Gasteiger partial charge in [-0.25, -0.2) is 4.98 Å². The molecule has 0 spiro atoms. The normalized spacial score (nSPS) is 16.9. The number of likely N-dealkylation sites (tertiary alicyclic amines) is 1. The molecule has 37 heavy (non-hydrogen) atoms. The van der Waals surface area contributed by atoms with E-state index in [1.54, 1.807) is 48.8 Å². The number of nitrogens with zero attached hydrogens (tertiary/aromatic N) is 4. The number of hydrogen-bond acceptors (Lipinski definition) is 6. The van der Waals surface area contributed by atoms with E-state index in [0.29, 0.717) is 29.3 Å². The van der Waals surface area contributed by atoms with Crippen molar-refractivity contribution in [1.29, 1.82) is 0 Å². The second-order valence-electron chi connectivity index (χ2n) is 8.89. The minimum atomic E-state index is -0.820. The van der Waals surface area contributed by atoms with Crippen LogP contribution in [0.3, 0.4) is 0 Å². The van der Waals surface area contributed by atoms with E-state index in [1.165, 1.54) is 4.90 Å². The standard InChI is InChI=1S/C29H26N4O4/c1-4-15-37-22-11-9-21(10-12-22)25-23(27(35)29(36)33(25)17-20-8-5-13-30-16-20)26(34)24-19(3)32-14-6-7-18(2)28(32)31-24/h4-14,16,25,34H,1,15,17H2,2-3H3. The van der Waals surface area contributed by atoms with Gasteiger partial charge in [0.2, 0.25) is 0 Å². The lowest BCUT2D eigenvalue weighted by atomic mass is 9.96. The fraction of sp³-hybridized carbons (Fsp3) is 0.172. The van der Waals surface area contributed by atoms with E-state index in [1.807, 2.05) is 42.6 Å². The quantitative estimate of drug-likeness (QED) is 0.175. The number of carbonyl (C=O) groups is 2. The number of pyridine rings is 2. The topological polar surface area (TPSA) is 97.0 Å². The second kappa shape index (κ2) is 9.73. The van der Waals surface area contributed by atoms with Crippen LogP contribution in [-0.2, 0) is 16.1 Å². The number of aromatic nitrogens is 3. The van der Waals surface area contributed by atoms with Crippen LogP contribution in [0.5, 0.6) is 5.75 Å². The van der Waals surface area contributed by atoms with Gasteiger partial charge in [0.15, 0.2) is 5.76 Å². The maximum absolute atomic E-state index is 13.4. The third-order valence-electron chi connectivity index (χ3n) is 6.49. The smallest absolute Gasteiger partial charge is 0.295 e. The number of rotatable bonds is 7. The van der Waals surface area contributed by atoms with Crippen LogP contribution in [0.1, 0.15) is 34.1 Å². The fourth-order valence-electron chi connectivity index (χ4n) is 4.65. The van der Waals surface area contributed by atoms with Crippen molar-refractivity contribution in [3.8, 4) is 5.75 Å². The minimum absolute atomic E-state index is 0.00203. The number of ketones is 1. The molecule has 8 heteroatoms. The van der Waals surface area contributed by atoms with Gasteiger partial charge in [0, 0.05) is 25.1 Å². The molecule has 0 radical (unpaired) electrons. The van der Waals surface area contributed by atoms with Gasteiger partial charge in [0.05, 0.1) is 17.3 Å². The number of hydrogen-bond donors (Lipinski definition) is 1. The Morgan fingerprint density at radius 2 is 1.92 bits per heavy atom. The number of carbonyl (C=O) groups excluding carboxylic acids is 2. The molecule has 0 aliphatic carbocycles. The average Bonchev–Trinajstić information content (AvgIpc) is 3.38. The molecule has 1 N–H and O–H groups in total. The molecule has 1 amide bonds. The summed E-state index contributed by atoms with van der Waals surface area (Å²) in [6.07, 6.45) is 6.79. The van der Waals surface area contributed by atoms with Gasteiger partial charge < -0.3 is 19.1 Å². The molecule has 1 aliphatic heterocycles. The van der Waals surface area contributed by atoms with E-state index in [9.17, 15) is 14.7 Å². The molecule has 1 unspecified atom stereocenters. The van der Waals surface area contributed by atoms with Crippen LogP contribution in [0, 0.1) is 13.8 Å². The molecule has 1 aromatic carbocycles. The van der Waals surface area contributed by atoms with Crippen LogP contribution in [0.2, 0.25) is 0 Å². The van der Waals surface area contributed by atoms with Crippen LogP contribution in [0.25, 0.3) is 11.4 Å². The maximum atomic E-state index is 13.4. The van der Waals surface area contributed by atoms with E-state index in [2.05, 4.69) is 16.5 Å². The Balaban J connectivity index is 1.66. The first-order chi connectivity index (χ1) is 17.9. The average molecular weight is 495 g/mol. The summed E-state index contributed by atoms with van der Waals surface area (Å²) in [5.74, 6) is -1.13. The van der Waals surface area contributed by atoms with Gasteiger partial charge in [-0.15, -0.1) is 0 Å². The van der Waals surface area contributed by atoms with Crippen LogP contribution in [0.4, 0.5) is 0 Å². The second-order valence-corrected chi connectivity index (χ2v) is 8.89. The number of aryl methyl sites for hydroxylation is 2. The zero-order valence-electron chi connectivity index (χ0n) is 20.6. The number of Topliss-reactive ketones (excluding diaryl/α,β-unsaturated/α-hetero) is 1. The molecule has 1 atom stereocenters. The van der Waals surface area contributed by atoms with E-state index in [-0.39, 0.29) is 23.6 Å². The van der Waals surface area contributed by atoms with Gasteiger partial charge in [0.25, 0.3) is 11.7 Å². The van der Waals surface area contributed by atoms with Crippen molar-refractivity contribution >= 4 is 23.1 Å². The molecular formula is C29H26N4O4. The summed E-state index contributed by atoms with van der Waals surface area (Å²) in [6.45, 7) is 7.90. The predicted octanol–water partition coefficient (Wildman–Crippen LogP) is 4.53. The van der Waals surface area contributed by atoms with Crippen molar-refractivity contribution in [2.45, 2.75) is 26.4 Å². The van der Waals surface area contributed by atoms with Crippen molar-refractivity contribution < 1.29 is 19.4 Å². The number of imidazole rings is 1. The highest BCUT2D eigenvalue weighted by molar-refractivity contribution is 6.46. The molecule has 8 nitrogen and oxygen atoms in total. The number of aliphatic hydroxyl groups is 1. The third-order valence-corrected chi connectivity index (χ3v) is 6.49. The van der Waals surface area contributed by atoms with E-state index in [4.69, 9.17) is 4.74 Å². The zero-order chi connectivity index (χ0) is 26.1. The Morgan fingerprint density at radius 3 is 2.59 bits per heavy atom. The molecule has 3 aromatic heterocycles. The van der Waals surface area contributed by atoms with Crippen molar-refractivity contribution in [2.75, 3.05) is 6.61 Å². The van der Waals surface area contributed by atoms with Crippen LogP contribution >= 0.6 is 0 Å². The summed E-state index contributed by atoms with van der Waals surface area (Å²) < 4.78 is 7.45. The predicted molar refractivity (Wildman–Crippen MR) is 139 cm³/mol. The number of ether oxygens (including phenoxy) is 1. The molecule has 4 heterocycles. The highest BCUT2D eigenvalue weighted by atomic mass is 16.5.